The quantitative estimate of drug-likeness (QED) is 0.642. The number of carbonyl (C=O) groups is 2. The fourth-order valence-electron chi connectivity index (χ4n) is 1.48. The summed E-state index contributed by atoms with van der Waals surface area (Å²) in [6.45, 7) is 5.03. The fourth-order valence-corrected chi connectivity index (χ4v) is 1.48. The first kappa shape index (κ1) is 11.9. The molecule has 0 aromatic carbocycles. The van der Waals surface area contributed by atoms with Crippen molar-refractivity contribution in [2.75, 3.05) is 0 Å². The van der Waals surface area contributed by atoms with E-state index in [0.717, 1.165) is 0 Å². The highest BCUT2D eigenvalue weighted by atomic mass is 16.4. The summed E-state index contributed by atoms with van der Waals surface area (Å²) in [5.74, 6) is -2.88. The van der Waals surface area contributed by atoms with E-state index in [9.17, 15) is 9.59 Å². The third kappa shape index (κ3) is 1.99. The van der Waals surface area contributed by atoms with Crippen LogP contribution >= 0.6 is 0 Å². The van der Waals surface area contributed by atoms with Crippen molar-refractivity contribution in [3.63, 3.8) is 0 Å². The molecule has 0 aliphatic rings. The van der Waals surface area contributed by atoms with Gasteiger partial charge in [0.25, 0.3) is 0 Å². The summed E-state index contributed by atoms with van der Waals surface area (Å²) in [7, 11) is 0. The molecule has 0 unspecified atom stereocenters. The highest BCUT2D eigenvalue weighted by Crippen LogP contribution is 2.33. The van der Waals surface area contributed by atoms with Crippen LogP contribution in [0.25, 0.3) is 0 Å². The zero-order valence-corrected chi connectivity index (χ0v) is 8.20. The molecule has 0 atom stereocenters. The van der Waals surface area contributed by atoms with Crippen molar-refractivity contribution in [1.29, 1.82) is 0 Å². The lowest BCUT2D eigenvalue weighted by Gasteiger charge is -2.28. The Hall–Kier alpha value is -1.06. The van der Waals surface area contributed by atoms with Gasteiger partial charge in [-0.25, -0.2) is 0 Å². The van der Waals surface area contributed by atoms with Gasteiger partial charge >= 0.3 is 11.9 Å². The molecule has 2 N–H and O–H groups in total. The summed E-state index contributed by atoms with van der Waals surface area (Å²) in [5.41, 5.74) is -1.62. The molecule has 4 heteroatoms. The SMILES string of the molecule is CCCC(C(=O)O)(C(=O)O)C(C)C. The number of carboxylic acid groups (broad SMARTS) is 2. The minimum absolute atomic E-state index is 0.176. The molecule has 0 spiro atoms. The summed E-state index contributed by atoms with van der Waals surface area (Å²) in [4.78, 5) is 21.8. The second kappa shape index (κ2) is 4.25. The third-order valence-electron chi connectivity index (χ3n) is 2.39. The average Bonchev–Trinajstić information content (AvgIpc) is 1.97. The summed E-state index contributed by atoms with van der Waals surface area (Å²) in [6, 6.07) is 0. The van der Waals surface area contributed by atoms with Crippen LogP contribution in [-0.4, -0.2) is 22.2 Å². The molecule has 0 fully saturated rings. The first-order valence-corrected chi connectivity index (χ1v) is 4.36. The molecule has 0 aliphatic carbocycles. The number of aliphatic carboxylic acids is 2. The zero-order valence-electron chi connectivity index (χ0n) is 8.20. The van der Waals surface area contributed by atoms with Crippen LogP contribution in [-0.2, 0) is 9.59 Å². The topological polar surface area (TPSA) is 74.6 Å². The van der Waals surface area contributed by atoms with Crippen LogP contribution in [0.15, 0.2) is 0 Å². The first-order chi connectivity index (χ1) is 5.89. The molecule has 0 aromatic heterocycles. The highest BCUT2D eigenvalue weighted by Gasteiger charge is 2.48. The van der Waals surface area contributed by atoms with Crippen molar-refractivity contribution >= 4 is 11.9 Å². The molecule has 76 valence electrons. The molecule has 13 heavy (non-hydrogen) atoms. The van der Waals surface area contributed by atoms with Gasteiger partial charge in [0.15, 0.2) is 5.41 Å². The number of rotatable bonds is 5. The zero-order chi connectivity index (χ0) is 10.6. The van der Waals surface area contributed by atoms with Gasteiger partial charge in [-0.3, -0.25) is 9.59 Å². The van der Waals surface area contributed by atoms with Gasteiger partial charge in [0.1, 0.15) is 0 Å². The Bertz CT molecular complexity index is 194. The van der Waals surface area contributed by atoms with E-state index in [0.29, 0.717) is 6.42 Å². The molecule has 0 saturated heterocycles. The Morgan fingerprint density at radius 3 is 1.69 bits per heavy atom. The van der Waals surface area contributed by atoms with Gasteiger partial charge < -0.3 is 10.2 Å². The van der Waals surface area contributed by atoms with E-state index in [4.69, 9.17) is 10.2 Å². The predicted octanol–water partition coefficient (Wildman–Crippen LogP) is 1.60. The van der Waals surface area contributed by atoms with E-state index in [1.807, 2.05) is 0 Å². The second-order valence-electron chi connectivity index (χ2n) is 3.49. The minimum atomic E-state index is -1.62. The lowest BCUT2D eigenvalue weighted by Crippen LogP contribution is -2.43. The summed E-state index contributed by atoms with van der Waals surface area (Å²) < 4.78 is 0. The lowest BCUT2D eigenvalue weighted by molar-refractivity contribution is -0.169. The van der Waals surface area contributed by atoms with Crippen molar-refractivity contribution in [2.24, 2.45) is 11.3 Å². The summed E-state index contributed by atoms with van der Waals surface area (Å²) in [5, 5.41) is 17.8. The van der Waals surface area contributed by atoms with Crippen molar-refractivity contribution in [1.82, 2.24) is 0 Å². The van der Waals surface area contributed by atoms with E-state index in [2.05, 4.69) is 0 Å². The Labute approximate surface area is 77.6 Å². The summed E-state index contributed by atoms with van der Waals surface area (Å²) in [6.07, 6.45) is 0.728. The highest BCUT2D eigenvalue weighted by molar-refractivity contribution is 5.98. The lowest BCUT2D eigenvalue weighted by atomic mass is 9.74. The molecule has 4 nitrogen and oxygen atoms in total. The number of carboxylic acids is 2. The maximum Gasteiger partial charge on any atom is 0.321 e. The molecular weight excluding hydrogens is 172 g/mol. The number of hydrogen-bond donors (Lipinski definition) is 2. The van der Waals surface area contributed by atoms with Crippen molar-refractivity contribution in [3.05, 3.63) is 0 Å². The van der Waals surface area contributed by atoms with Crippen LogP contribution < -0.4 is 0 Å². The molecule has 0 radical (unpaired) electrons. The molecular formula is C9H16O4. The molecule has 0 bridgehead atoms. The van der Waals surface area contributed by atoms with E-state index >= 15 is 0 Å². The van der Waals surface area contributed by atoms with Gasteiger partial charge in [0.05, 0.1) is 0 Å². The average molecular weight is 188 g/mol. The normalized spacial score (nSPS) is 11.7. The fraction of sp³-hybridized carbons (Fsp3) is 0.778. The van der Waals surface area contributed by atoms with Crippen LogP contribution in [0.2, 0.25) is 0 Å². The molecule has 0 rings (SSSR count). The van der Waals surface area contributed by atoms with Crippen LogP contribution in [0.4, 0.5) is 0 Å². The maximum atomic E-state index is 10.9. The van der Waals surface area contributed by atoms with Crippen molar-refractivity contribution in [3.8, 4) is 0 Å². The monoisotopic (exact) mass is 188 g/mol. The smallest absolute Gasteiger partial charge is 0.321 e. The van der Waals surface area contributed by atoms with E-state index in [1.165, 1.54) is 0 Å². The minimum Gasteiger partial charge on any atom is -0.480 e. The van der Waals surface area contributed by atoms with Gasteiger partial charge in [-0.05, 0) is 12.3 Å². The van der Waals surface area contributed by atoms with E-state index in [1.54, 1.807) is 20.8 Å². The Morgan fingerprint density at radius 1 is 1.23 bits per heavy atom. The van der Waals surface area contributed by atoms with E-state index < -0.39 is 23.3 Å². The largest absolute Gasteiger partial charge is 0.480 e. The molecule has 0 aliphatic heterocycles. The predicted molar refractivity (Wildman–Crippen MR) is 47.5 cm³/mol. The standard InChI is InChI=1S/C9H16O4/c1-4-5-9(6(2)3,7(10)11)8(12)13/h6H,4-5H2,1-3H3,(H,10,11)(H,12,13). The van der Waals surface area contributed by atoms with Crippen LogP contribution in [0.1, 0.15) is 33.6 Å². The van der Waals surface area contributed by atoms with Crippen molar-refractivity contribution < 1.29 is 19.8 Å². The Balaban J connectivity index is 5.05. The molecule has 0 saturated carbocycles. The van der Waals surface area contributed by atoms with Crippen LogP contribution in [0.3, 0.4) is 0 Å². The molecule has 0 aromatic rings. The molecule has 0 heterocycles. The van der Waals surface area contributed by atoms with Gasteiger partial charge in [0.2, 0.25) is 0 Å². The van der Waals surface area contributed by atoms with Crippen LogP contribution in [0, 0.1) is 11.3 Å². The van der Waals surface area contributed by atoms with Gasteiger partial charge in [-0.1, -0.05) is 27.2 Å². The van der Waals surface area contributed by atoms with Gasteiger partial charge in [-0.15, -0.1) is 0 Å². The summed E-state index contributed by atoms with van der Waals surface area (Å²) >= 11 is 0. The van der Waals surface area contributed by atoms with Crippen molar-refractivity contribution in [2.45, 2.75) is 33.6 Å². The van der Waals surface area contributed by atoms with Crippen LogP contribution in [0.5, 0.6) is 0 Å². The first-order valence-electron chi connectivity index (χ1n) is 4.36. The Kier molecular flexibility index (Phi) is 3.91. The van der Waals surface area contributed by atoms with E-state index in [-0.39, 0.29) is 6.42 Å². The van der Waals surface area contributed by atoms with Gasteiger partial charge in [-0.2, -0.15) is 0 Å². The second-order valence-corrected chi connectivity index (χ2v) is 3.49. The number of hydrogen-bond acceptors (Lipinski definition) is 2. The van der Waals surface area contributed by atoms with Gasteiger partial charge in [0, 0.05) is 0 Å². The third-order valence-corrected chi connectivity index (χ3v) is 2.39. The molecule has 0 amide bonds. The maximum absolute atomic E-state index is 10.9. The Morgan fingerprint density at radius 2 is 1.62 bits per heavy atom.